The molecule has 0 bridgehead atoms. The van der Waals surface area contributed by atoms with Gasteiger partial charge in [0.05, 0.1) is 5.92 Å². The van der Waals surface area contributed by atoms with Crippen LogP contribution in [0, 0.1) is 12.8 Å². The van der Waals surface area contributed by atoms with Gasteiger partial charge in [0.15, 0.2) is 0 Å². The average Bonchev–Trinajstić information content (AvgIpc) is 2.74. The molecule has 1 saturated heterocycles. The van der Waals surface area contributed by atoms with Gasteiger partial charge in [-0.15, -0.1) is 0 Å². The molecule has 0 spiro atoms. The van der Waals surface area contributed by atoms with Gasteiger partial charge in [-0.1, -0.05) is 42.5 Å². The summed E-state index contributed by atoms with van der Waals surface area (Å²) in [4.78, 5) is 31.9. The highest BCUT2D eigenvalue weighted by Gasteiger charge is 2.29. The van der Waals surface area contributed by atoms with Crippen LogP contribution in [0.3, 0.4) is 0 Å². The number of fused-ring (bicyclic) bond motifs is 1. The Hall–Kier alpha value is -3.21. The lowest BCUT2D eigenvalue weighted by Gasteiger charge is -2.32. The highest BCUT2D eigenvalue weighted by atomic mass is 16.2. The quantitative estimate of drug-likeness (QED) is 0.754. The summed E-state index contributed by atoms with van der Waals surface area (Å²) in [5.74, 6) is 0.235. The minimum absolute atomic E-state index is 0.0113. The van der Waals surface area contributed by atoms with Gasteiger partial charge in [-0.05, 0) is 48.2 Å². The first-order valence-corrected chi connectivity index (χ1v) is 9.62. The molecule has 1 atom stereocenters. The van der Waals surface area contributed by atoms with Crippen LogP contribution in [-0.2, 0) is 4.79 Å². The first-order chi connectivity index (χ1) is 13.6. The molecule has 5 nitrogen and oxygen atoms in total. The van der Waals surface area contributed by atoms with Crippen molar-refractivity contribution in [3.05, 3.63) is 71.9 Å². The van der Waals surface area contributed by atoms with Crippen molar-refractivity contribution >= 4 is 28.4 Å². The van der Waals surface area contributed by atoms with Crippen molar-refractivity contribution in [2.24, 2.45) is 5.92 Å². The van der Waals surface area contributed by atoms with Gasteiger partial charge in [-0.3, -0.25) is 9.59 Å². The molecule has 1 unspecified atom stereocenters. The number of piperidine rings is 1. The standard InChI is InChI=1S/C23H23N3O2/c1-16-11-12-21(24-14-16)25-22(27)18-8-5-13-26(15-18)23(28)20-10-4-7-17-6-2-3-9-19(17)20/h2-4,6-7,9-12,14,18H,5,8,13,15H2,1H3,(H,24,25,27). The average molecular weight is 373 g/mol. The van der Waals surface area contributed by atoms with Crippen LogP contribution >= 0.6 is 0 Å². The van der Waals surface area contributed by atoms with E-state index in [1.54, 1.807) is 17.2 Å². The second-order valence-corrected chi connectivity index (χ2v) is 7.33. The fourth-order valence-corrected chi connectivity index (χ4v) is 3.73. The van der Waals surface area contributed by atoms with E-state index in [0.717, 1.165) is 29.2 Å². The Kier molecular flexibility index (Phi) is 5.06. The summed E-state index contributed by atoms with van der Waals surface area (Å²) in [6.07, 6.45) is 3.32. The first kappa shape index (κ1) is 18.2. The molecule has 2 heterocycles. The molecule has 1 fully saturated rings. The summed E-state index contributed by atoms with van der Waals surface area (Å²) in [5.41, 5.74) is 1.74. The maximum atomic E-state index is 13.2. The predicted molar refractivity (Wildman–Crippen MR) is 110 cm³/mol. The van der Waals surface area contributed by atoms with Crippen LogP contribution in [0.5, 0.6) is 0 Å². The topological polar surface area (TPSA) is 62.3 Å². The largest absolute Gasteiger partial charge is 0.338 e. The summed E-state index contributed by atoms with van der Waals surface area (Å²) in [6.45, 7) is 3.06. The van der Waals surface area contributed by atoms with E-state index >= 15 is 0 Å². The molecule has 3 aromatic rings. The van der Waals surface area contributed by atoms with E-state index in [9.17, 15) is 9.59 Å². The highest BCUT2D eigenvalue weighted by molar-refractivity contribution is 6.07. The third kappa shape index (κ3) is 3.74. The number of hydrogen-bond donors (Lipinski definition) is 1. The number of benzene rings is 2. The minimum Gasteiger partial charge on any atom is -0.338 e. The summed E-state index contributed by atoms with van der Waals surface area (Å²) in [7, 11) is 0. The molecule has 142 valence electrons. The van der Waals surface area contributed by atoms with E-state index in [-0.39, 0.29) is 17.7 Å². The zero-order valence-corrected chi connectivity index (χ0v) is 15.9. The molecule has 0 radical (unpaired) electrons. The van der Waals surface area contributed by atoms with Crippen LogP contribution in [0.1, 0.15) is 28.8 Å². The monoisotopic (exact) mass is 373 g/mol. The number of rotatable bonds is 3. The molecule has 1 aliphatic heterocycles. The van der Waals surface area contributed by atoms with Gasteiger partial charge in [-0.2, -0.15) is 0 Å². The van der Waals surface area contributed by atoms with Gasteiger partial charge in [0.2, 0.25) is 5.91 Å². The third-order valence-electron chi connectivity index (χ3n) is 5.26. The van der Waals surface area contributed by atoms with Gasteiger partial charge < -0.3 is 10.2 Å². The van der Waals surface area contributed by atoms with Gasteiger partial charge >= 0.3 is 0 Å². The van der Waals surface area contributed by atoms with Gasteiger partial charge in [-0.25, -0.2) is 4.98 Å². The predicted octanol–water partition coefficient (Wildman–Crippen LogP) is 4.03. The number of likely N-dealkylation sites (tertiary alicyclic amines) is 1. The smallest absolute Gasteiger partial charge is 0.254 e. The molecule has 0 aliphatic carbocycles. The summed E-state index contributed by atoms with van der Waals surface area (Å²) < 4.78 is 0. The summed E-state index contributed by atoms with van der Waals surface area (Å²) in [5, 5.41) is 4.88. The van der Waals surface area contributed by atoms with E-state index in [0.29, 0.717) is 24.5 Å². The number of aromatic nitrogens is 1. The van der Waals surface area contributed by atoms with Gasteiger partial charge in [0.25, 0.3) is 5.91 Å². The Labute approximate surface area is 164 Å². The molecule has 5 heteroatoms. The SMILES string of the molecule is Cc1ccc(NC(=O)C2CCCN(C(=O)c3cccc4ccccc34)C2)nc1. The first-order valence-electron chi connectivity index (χ1n) is 9.62. The van der Waals surface area contributed by atoms with Crippen molar-refractivity contribution < 1.29 is 9.59 Å². The second-order valence-electron chi connectivity index (χ2n) is 7.33. The van der Waals surface area contributed by atoms with Crippen molar-refractivity contribution in [3.63, 3.8) is 0 Å². The molecule has 1 N–H and O–H groups in total. The lowest BCUT2D eigenvalue weighted by Crippen LogP contribution is -2.43. The summed E-state index contributed by atoms with van der Waals surface area (Å²) >= 11 is 0. The van der Waals surface area contributed by atoms with Crippen molar-refractivity contribution in [3.8, 4) is 0 Å². The van der Waals surface area contributed by atoms with Crippen molar-refractivity contribution in [1.82, 2.24) is 9.88 Å². The number of pyridine rings is 1. The van der Waals surface area contributed by atoms with Crippen molar-refractivity contribution in [2.75, 3.05) is 18.4 Å². The van der Waals surface area contributed by atoms with Crippen LogP contribution in [0.25, 0.3) is 10.8 Å². The molecule has 2 aromatic carbocycles. The zero-order valence-electron chi connectivity index (χ0n) is 15.9. The highest BCUT2D eigenvalue weighted by Crippen LogP contribution is 2.24. The van der Waals surface area contributed by atoms with Crippen LogP contribution in [0.15, 0.2) is 60.8 Å². The zero-order chi connectivity index (χ0) is 19.5. The Morgan fingerprint density at radius 1 is 1.07 bits per heavy atom. The molecular formula is C23H23N3O2. The van der Waals surface area contributed by atoms with E-state index < -0.39 is 0 Å². The molecular weight excluding hydrogens is 350 g/mol. The number of carbonyl (C=O) groups excluding carboxylic acids is 2. The number of hydrogen-bond acceptors (Lipinski definition) is 3. The maximum absolute atomic E-state index is 13.2. The fourth-order valence-electron chi connectivity index (χ4n) is 3.73. The van der Waals surface area contributed by atoms with Crippen molar-refractivity contribution in [2.45, 2.75) is 19.8 Å². The second kappa shape index (κ2) is 7.80. The van der Waals surface area contributed by atoms with E-state index in [2.05, 4.69) is 10.3 Å². The Balaban J connectivity index is 1.49. The lowest BCUT2D eigenvalue weighted by molar-refractivity contribution is -0.121. The number of nitrogens with zero attached hydrogens (tertiary/aromatic N) is 2. The molecule has 1 aliphatic rings. The number of anilines is 1. The molecule has 28 heavy (non-hydrogen) atoms. The van der Waals surface area contributed by atoms with E-state index in [1.807, 2.05) is 55.5 Å². The van der Waals surface area contributed by atoms with E-state index in [4.69, 9.17) is 0 Å². The Morgan fingerprint density at radius 2 is 1.89 bits per heavy atom. The number of nitrogens with one attached hydrogen (secondary N) is 1. The summed E-state index contributed by atoms with van der Waals surface area (Å²) in [6, 6.07) is 17.4. The van der Waals surface area contributed by atoms with Crippen molar-refractivity contribution in [1.29, 1.82) is 0 Å². The number of aryl methyl sites for hydroxylation is 1. The Morgan fingerprint density at radius 3 is 2.71 bits per heavy atom. The fraction of sp³-hybridized carbons (Fsp3) is 0.261. The Bertz CT molecular complexity index is 1010. The van der Waals surface area contributed by atoms with Crippen LogP contribution in [0.4, 0.5) is 5.82 Å². The van der Waals surface area contributed by atoms with Gasteiger partial charge in [0, 0.05) is 24.8 Å². The van der Waals surface area contributed by atoms with Crippen LogP contribution in [0.2, 0.25) is 0 Å². The normalized spacial score (nSPS) is 16.8. The van der Waals surface area contributed by atoms with E-state index in [1.165, 1.54) is 0 Å². The van der Waals surface area contributed by atoms with Crippen LogP contribution in [-0.4, -0.2) is 34.8 Å². The molecule has 2 amide bonds. The van der Waals surface area contributed by atoms with Crippen LogP contribution < -0.4 is 5.32 Å². The maximum Gasteiger partial charge on any atom is 0.254 e. The lowest BCUT2D eigenvalue weighted by atomic mass is 9.95. The minimum atomic E-state index is -0.226. The third-order valence-corrected chi connectivity index (χ3v) is 5.26. The number of carbonyl (C=O) groups is 2. The molecule has 0 saturated carbocycles. The molecule has 1 aromatic heterocycles. The molecule has 4 rings (SSSR count). The van der Waals surface area contributed by atoms with Gasteiger partial charge in [0.1, 0.15) is 5.82 Å². The number of amides is 2.